The zero-order valence-corrected chi connectivity index (χ0v) is 10.2. The number of fused-ring (bicyclic) bond motifs is 1. The molecule has 0 fully saturated rings. The third-order valence-corrected chi connectivity index (χ3v) is 3.20. The van der Waals surface area contributed by atoms with Gasteiger partial charge in [-0.1, -0.05) is 24.3 Å². The Balaban J connectivity index is 2.00. The lowest BCUT2D eigenvalue weighted by atomic mass is 10.2. The van der Waals surface area contributed by atoms with Gasteiger partial charge in [-0.3, -0.25) is 4.79 Å². The maximum absolute atomic E-state index is 12.9. The van der Waals surface area contributed by atoms with Crippen molar-refractivity contribution in [3.63, 3.8) is 0 Å². The molecule has 0 unspecified atom stereocenters. The highest BCUT2D eigenvalue weighted by Crippen LogP contribution is 2.18. The Bertz CT molecular complexity index is 728. The summed E-state index contributed by atoms with van der Waals surface area (Å²) in [6.07, 6.45) is 2.82. The molecule has 0 amide bonds. The number of carbonyl (C=O) groups is 1. The molecule has 0 radical (unpaired) electrons. The van der Waals surface area contributed by atoms with Gasteiger partial charge in [0.2, 0.25) is 0 Å². The van der Waals surface area contributed by atoms with Crippen LogP contribution in [0.2, 0.25) is 0 Å². The first-order chi connectivity index (χ1) is 9.26. The molecule has 0 saturated heterocycles. The average molecular weight is 253 g/mol. The minimum absolute atomic E-state index is 0.232. The molecule has 0 saturated carbocycles. The number of aromatic nitrogens is 1. The van der Waals surface area contributed by atoms with Gasteiger partial charge in [0.25, 0.3) is 0 Å². The van der Waals surface area contributed by atoms with Gasteiger partial charge < -0.3 is 4.57 Å². The highest BCUT2D eigenvalue weighted by Gasteiger charge is 2.03. The van der Waals surface area contributed by atoms with Crippen molar-refractivity contribution < 1.29 is 9.18 Å². The molecular weight excluding hydrogens is 241 g/mol. The van der Waals surface area contributed by atoms with Crippen LogP contribution in [0.15, 0.2) is 54.7 Å². The number of carbonyl (C=O) groups excluding carboxylic acids is 1. The molecule has 0 aliphatic carbocycles. The van der Waals surface area contributed by atoms with Crippen molar-refractivity contribution in [1.29, 1.82) is 0 Å². The zero-order chi connectivity index (χ0) is 13.2. The molecule has 0 aliphatic rings. The fourth-order valence-corrected chi connectivity index (χ4v) is 2.20. The maximum atomic E-state index is 12.9. The molecule has 0 atom stereocenters. The number of nitrogens with zero attached hydrogens (tertiary/aromatic N) is 1. The van der Waals surface area contributed by atoms with Gasteiger partial charge in [0, 0.05) is 23.8 Å². The van der Waals surface area contributed by atoms with Crippen molar-refractivity contribution in [2.75, 3.05) is 0 Å². The van der Waals surface area contributed by atoms with Crippen LogP contribution in [-0.2, 0) is 6.54 Å². The number of aldehydes is 1. The van der Waals surface area contributed by atoms with E-state index < -0.39 is 0 Å². The van der Waals surface area contributed by atoms with E-state index in [0.717, 1.165) is 22.8 Å². The van der Waals surface area contributed by atoms with Crippen LogP contribution in [0.1, 0.15) is 15.9 Å². The highest BCUT2D eigenvalue weighted by atomic mass is 19.1. The fourth-order valence-electron chi connectivity index (χ4n) is 2.20. The molecule has 0 aliphatic heterocycles. The number of benzene rings is 2. The summed E-state index contributed by atoms with van der Waals surface area (Å²) in [4.78, 5) is 10.8. The van der Waals surface area contributed by atoms with Gasteiger partial charge in [-0.05, 0) is 35.2 Å². The first kappa shape index (κ1) is 11.7. The van der Waals surface area contributed by atoms with Crippen LogP contribution in [0.4, 0.5) is 4.39 Å². The number of hydrogen-bond acceptors (Lipinski definition) is 1. The van der Waals surface area contributed by atoms with Crippen LogP contribution in [0.3, 0.4) is 0 Å². The third-order valence-electron chi connectivity index (χ3n) is 3.20. The number of hydrogen-bond donors (Lipinski definition) is 0. The normalized spacial score (nSPS) is 10.8. The van der Waals surface area contributed by atoms with E-state index in [1.807, 2.05) is 24.4 Å². The van der Waals surface area contributed by atoms with Crippen LogP contribution in [-0.4, -0.2) is 10.9 Å². The third kappa shape index (κ3) is 2.27. The van der Waals surface area contributed by atoms with E-state index in [4.69, 9.17) is 0 Å². The van der Waals surface area contributed by atoms with E-state index in [9.17, 15) is 9.18 Å². The molecule has 2 aromatic carbocycles. The second-order valence-corrected chi connectivity index (χ2v) is 4.51. The first-order valence-electron chi connectivity index (χ1n) is 6.05. The summed E-state index contributed by atoms with van der Waals surface area (Å²) in [6, 6.07) is 14.1. The molecule has 1 heterocycles. The monoisotopic (exact) mass is 253 g/mol. The largest absolute Gasteiger partial charge is 0.343 e. The van der Waals surface area contributed by atoms with E-state index >= 15 is 0 Å². The first-order valence-corrected chi connectivity index (χ1v) is 6.05. The summed E-state index contributed by atoms with van der Waals surface area (Å²) in [6.45, 7) is 0.659. The lowest BCUT2D eigenvalue weighted by molar-refractivity contribution is 0.112. The van der Waals surface area contributed by atoms with Gasteiger partial charge in [-0.25, -0.2) is 4.39 Å². The van der Waals surface area contributed by atoms with Crippen molar-refractivity contribution >= 4 is 17.2 Å². The van der Waals surface area contributed by atoms with Gasteiger partial charge in [0.15, 0.2) is 0 Å². The lowest BCUT2D eigenvalue weighted by Crippen LogP contribution is -1.98. The fraction of sp³-hybridized carbons (Fsp3) is 0.0625. The second kappa shape index (κ2) is 4.69. The SMILES string of the molecule is O=Cc1ccc2ccn(Cc3ccc(F)cc3)c2c1. The van der Waals surface area contributed by atoms with Crippen molar-refractivity contribution in [2.45, 2.75) is 6.54 Å². The lowest BCUT2D eigenvalue weighted by Gasteiger charge is -2.06. The second-order valence-electron chi connectivity index (χ2n) is 4.51. The van der Waals surface area contributed by atoms with Gasteiger partial charge >= 0.3 is 0 Å². The summed E-state index contributed by atoms with van der Waals surface area (Å²) in [5.41, 5.74) is 2.69. The van der Waals surface area contributed by atoms with Crippen LogP contribution in [0.25, 0.3) is 10.9 Å². The van der Waals surface area contributed by atoms with E-state index in [2.05, 4.69) is 4.57 Å². The summed E-state index contributed by atoms with van der Waals surface area (Å²) in [5.74, 6) is -0.232. The predicted molar refractivity (Wildman–Crippen MR) is 72.8 cm³/mol. The zero-order valence-electron chi connectivity index (χ0n) is 10.2. The number of rotatable bonds is 3. The summed E-state index contributed by atoms with van der Waals surface area (Å²) < 4.78 is 14.9. The smallest absolute Gasteiger partial charge is 0.150 e. The van der Waals surface area contributed by atoms with Gasteiger partial charge in [0.05, 0.1) is 0 Å². The topological polar surface area (TPSA) is 22.0 Å². The van der Waals surface area contributed by atoms with Crippen LogP contribution >= 0.6 is 0 Å². The summed E-state index contributed by atoms with van der Waals surface area (Å²) >= 11 is 0. The Morgan fingerprint density at radius 3 is 2.58 bits per heavy atom. The van der Waals surface area contributed by atoms with Crippen LogP contribution < -0.4 is 0 Å². The minimum Gasteiger partial charge on any atom is -0.343 e. The number of halogens is 1. The standard InChI is InChI=1S/C16H12FNO/c17-15-5-2-12(3-6-15)10-18-8-7-14-4-1-13(11-19)9-16(14)18/h1-9,11H,10H2. The van der Waals surface area contributed by atoms with Gasteiger partial charge in [-0.15, -0.1) is 0 Å². The molecule has 0 bridgehead atoms. The van der Waals surface area contributed by atoms with Gasteiger partial charge in [-0.2, -0.15) is 0 Å². The maximum Gasteiger partial charge on any atom is 0.150 e. The van der Waals surface area contributed by atoms with E-state index in [1.54, 1.807) is 18.2 Å². The van der Waals surface area contributed by atoms with Crippen molar-refractivity contribution in [3.8, 4) is 0 Å². The van der Waals surface area contributed by atoms with E-state index in [-0.39, 0.29) is 5.82 Å². The molecule has 1 aromatic heterocycles. The molecule has 3 aromatic rings. The minimum atomic E-state index is -0.232. The van der Waals surface area contributed by atoms with Gasteiger partial charge in [0.1, 0.15) is 12.1 Å². The van der Waals surface area contributed by atoms with Crippen LogP contribution in [0, 0.1) is 5.82 Å². The average Bonchev–Trinajstić information content (AvgIpc) is 2.84. The van der Waals surface area contributed by atoms with E-state index in [0.29, 0.717) is 12.1 Å². The Morgan fingerprint density at radius 2 is 1.84 bits per heavy atom. The molecule has 3 rings (SSSR count). The molecule has 3 heteroatoms. The van der Waals surface area contributed by atoms with Crippen molar-refractivity contribution in [3.05, 3.63) is 71.7 Å². The Labute approximate surface area is 110 Å². The van der Waals surface area contributed by atoms with E-state index in [1.165, 1.54) is 12.1 Å². The highest BCUT2D eigenvalue weighted by molar-refractivity contribution is 5.87. The Kier molecular flexibility index (Phi) is 2.88. The molecule has 94 valence electrons. The summed E-state index contributed by atoms with van der Waals surface area (Å²) in [7, 11) is 0. The predicted octanol–water partition coefficient (Wildman–Crippen LogP) is 3.64. The summed E-state index contributed by atoms with van der Waals surface area (Å²) in [5, 5.41) is 1.09. The van der Waals surface area contributed by atoms with Crippen molar-refractivity contribution in [2.24, 2.45) is 0 Å². The quantitative estimate of drug-likeness (QED) is 0.653. The van der Waals surface area contributed by atoms with Crippen LogP contribution in [0.5, 0.6) is 0 Å². The molecule has 2 nitrogen and oxygen atoms in total. The molecule has 0 N–H and O–H groups in total. The molecule has 0 spiro atoms. The molecular formula is C16H12FNO. The Hall–Kier alpha value is -2.42. The molecule has 19 heavy (non-hydrogen) atoms. The Morgan fingerprint density at radius 1 is 1.05 bits per heavy atom. The van der Waals surface area contributed by atoms with Crippen molar-refractivity contribution in [1.82, 2.24) is 4.57 Å².